The van der Waals surface area contributed by atoms with Gasteiger partial charge in [-0.1, -0.05) is 0 Å². The van der Waals surface area contributed by atoms with Crippen molar-refractivity contribution in [1.82, 2.24) is 4.90 Å². The second-order valence-electron chi connectivity index (χ2n) is 2.42. The maximum Gasteiger partial charge on any atom is 0.242 e. The van der Waals surface area contributed by atoms with Crippen LogP contribution < -0.4 is 5.73 Å². The summed E-state index contributed by atoms with van der Waals surface area (Å²) in [4.78, 5) is 23.0. The first-order chi connectivity index (χ1) is 5.66. The fourth-order valence-electron chi connectivity index (χ4n) is 1.00. The molecule has 1 heterocycles. The lowest BCUT2D eigenvalue weighted by atomic mass is 10.3. The molecule has 1 aliphatic rings. The molecule has 1 rings (SSSR count). The van der Waals surface area contributed by atoms with E-state index in [0.717, 1.165) is 0 Å². The molecule has 0 saturated carbocycles. The first-order valence-corrected chi connectivity index (χ1v) is 3.92. The van der Waals surface area contributed by atoms with E-state index in [2.05, 4.69) is 0 Å². The number of nitrogens with zero attached hydrogens (tertiary/aromatic N) is 1. The summed E-state index contributed by atoms with van der Waals surface area (Å²) in [5, 5.41) is 0. The Hall–Kier alpha value is -0.810. The molecule has 1 fully saturated rings. The van der Waals surface area contributed by atoms with E-state index < -0.39 is 11.9 Å². The average molecular weight is 193 g/mol. The standard InChI is InChI=1S/C6H9ClN2O3/c7-1-5(10)9-3-12-2-4(9)6(8)11/h4H,1-3H2,(H2,8,11)/t4-/m0/s1. The first kappa shape index (κ1) is 9.28. The van der Waals surface area contributed by atoms with E-state index >= 15 is 0 Å². The van der Waals surface area contributed by atoms with Gasteiger partial charge >= 0.3 is 0 Å². The lowest BCUT2D eigenvalue weighted by Gasteiger charge is -2.18. The van der Waals surface area contributed by atoms with Gasteiger partial charge in [-0.25, -0.2) is 0 Å². The number of amides is 2. The molecule has 12 heavy (non-hydrogen) atoms. The van der Waals surface area contributed by atoms with Gasteiger partial charge in [0, 0.05) is 0 Å². The minimum Gasteiger partial charge on any atom is -0.368 e. The van der Waals surface area contributed by atoms with Gasteiger partial charge in [0.15, 0.2) is 0 Å². The van der Waals surface area contributed by atoms with Crippen LogP contribution in [0, 0.1) is 0 Å². The third-order valence-corrected chi connectivity index (χ3v) is 1.87. The largest absolute Gasteiger partial charge is 0.368 e. The highest BCUT2D eigenvalue weighted by molar-refractivity contribution is 6.27. The second-order valence-corrected chi connectivity index (χ2v) is 2.68. The van der Waals surface area contributed by atoms with Gasteiger partial charge in [0.05, 0.1) is 6.61 Å². The number of halogens is 1. The Kier molecular flexibility index (Phi) is 2.88. The molecule has 0 aliphatic carbocycles. The topological polar surface area (TPSA) is 72.6 Å². The SMILES string of the molecule is NC(=O)[C@@H]1COCN1C(=O)CCl. The van der Waals surface area contributed by atoms with Gasteiger partial charge in [0.1, 0.15) is 18.7 Å². The molecule has 0 spiro atoms. The molecular formula is C6H9ClN2O3. The molecule has 0 aromatic heterocycles. The van der Waals surface area contributed by atoms with Crippen LogP contribution in [0.5, 0.6) is 0 Å². The maximum absolute atomic E-state index is 11.0. The summed E-state index contributed by atoms with van der Waals surface area (Å²) in [7, 11) is 0. The molecule has 68 valence electrons. The quantitative estimate of drug-likeness (QED) is 0.565. The predicted molar refractivity (Wildman–Crippen MR) is 41.4 cm³/mol. The molecule has 0 unspecified atom stereocenters. The Balaban J connectivity index is 2.63. The van der Waals surface area contributed by atoms with E-state index in [0.29, 0.717) is 0 Å². The molecule has 0 aromatic carbocycles. The molecule has 0 bridgehead atoms. The third-order valence-electron chi connectivity index (χ3n) is 1.65. The Labute approximate surface area is 74.4 Å². The van der Waals surface area contributed by atoms with Crippen molar-refractivity contribution in [3.63, 3.8) is 0 Å². The zero-order valence-electron chi connectivity index (χ0n) is 6.33. The van der Waals surface area contributed by atoms with Crippen molar-refractivity contribution in [3.05, 3.63) is 0 Å². The molecule has 1 atom stereocenters. The molecule has 1 saturated heterocycles. The van der Waals surface area contributed by atoms with Crippen molar-refractivity contribution in [1.29, 1.82) is 0 Å². The zero-order chi connectivity index (χ0) is 9.14. The number of carbonyl (C=O) groups excluding carboxylic acids is 2. The van der Waals surface area contributed by atoms with Crippen LogP contribution in [0.1, 0.15) is 0 Å². The Morgan fingerprint density at radius 2 is 2.33 bits per heavy atom. The molecule has 0 radical (unpaired) electrons. The zero-order valence-corrected chi connectivity index (χ0v) is 7.08. The van der Waals surface area contributed by atoms with E-state index in [1.54, 1.807) is 0 Å². The van der Waals surface area contributed by atoms with Gasteiger partial charge in [-0.15, -0.1) is 11.6 Å². The van der Waals surface area contributed by atoms with Gasteiger partial charge in [0.25, 0.3) is 0 Å². The highest BCUT2D eigenvalue weighted by Crippen LogP contribution is 2.09. The fraction of sp³-hybridized carbons (Fsp3) is 0.667. The van der Waals surface area contributed by atoms with Gasteiger partial charge in [-0.3, -0.25) is 9.59 Å². The lowest BCUT2D eigenvalue weighted by Crippen LogP contribution is -2.45. The van der Waals surface area contributed by atoms with Gasteiger partial charge < -0.3 is 15.4 Å². The molecule has 6 heteroatoms. The van der Waals surface area contributed by atoms with Crippen molar-refractivity contribution in [2.75, 3.05) is 19.2 Å². The molecule has 1 aliphatic heterocycles. The number of hydrogen-bond acceptors (Lipinski definition) is 3. The predicted octanol–water partition coefficient (Wildman–Crippen LogP) is -1.10. The summed E-state index contributed by atoms with van der Waals surface area (Å²) in [6.07, 6.45) is 0. The Morgan fingerprint density at radius 1 is 1.67 bits per heavy atom. The molecule has 0 aromatic rings. The highest BCUT2D eigenvalue weighted by Gasteiger charge is 2.32. The molecule has 2 amide bonds. The Bertz CT molecular complexity index is 209. The summed E-state index contributed by atoms with van der Waals surface area (Å²) >= 11 is 5.30. The molecular weight excluding hydrogens is 184 g/mol. The van der Waals surface area contributed by atoms with Crippen molar-refractivity contribution in [3.8, 4) is 0 Å². The lowest BCUT2D eigenvalue weighted by molar-refractivity contribution is -0.135. The monoisotopic (exact) mass is 192 g/mol. The smallest absolute Gasteiger partial charge is 0.242 e. The summed E-state index contributed by atoms with van der Waals surface area (Å²) in [5.74, 6) is -1.06. The van der Waals surface area contributed by atoms with Crippen LogP contribution >= 0.6 is 11.6 Å². The van der Waals surface area contributed by atoms with Gasteiger partial charge in [-0.2, -0.15) is 0 Å². The molecule has 2 N–H and O–H groups in total. The van der Waals surface area contributed by atoms with Crippen molar-refractivity contribution in [2.24, 2.45) is 5.73 Å². The van der Waals surface area contributed by atoms with Crippen LogP contribution in [0.25, 0.3) is 0 Å². The van der Waals surface area contributed by atoms with Crippen LogP contribution in [0.3, 0.4) is 0 Å². The Morgan fingerprint density at radius 3 is 2.83 bits per heavy atom. The van der Waals surface area contributed by atoms with Gasteiger partial charge in [0.2, 0.25) is 11.8 Å². The minimum atomic E-state index is -0.656. The van der Waals surface area contributed by atoms with Crippen LogP contribution in [-0.4, -0.2) is 42.0 Å². The number of hydrogen-bond donors (Lipinski definition) is 1. The highest BCUT2D eigenvalue weighted by atomic mass is 35.5. The molecule has 5 nitrogen and oxygen atoms in total. The summed E-state index contributed by atoms with van der Waals surface area (Å²) in [6.45, 7) is 0.261. The van der Waals surface area contributed by atoms with Gasteiger partial charge in [-0.05, 0) is 0 Å². The number of nitrogens with two attached hydrogens (primary N) is 1. The number of carbonyl (C=O) groups is 2. The van der Waals surface area contributed by atoms with E-state index in [4.69, 9.17) is 22.1 Å². The number of alkyl halides is 1. The van der Waals surface area contributed by atoms with Crippen LogP contribution in [0.2, 0.25) is 0 Å². The van der Waals surface area contributed by atoms with Crippen LogP contribution in [0.15, 0.2) is 0 Å². The van der Waals surface area contributed by atoms with E-state index in [1.807, 2.05) is 0 Å². The van der Waals surface area contributed by atoms with Crippen molar-refractivity contribution < 1.29 is 14.3 Å². The second kappa shape index (κ2) is 3.73. The van der Waals surface area contributed by atoms with Crippen LogP contribution in [0.4, 0.5) is 0 Å². The number of rotatable bonds is 2. The van der Waals surface area contributed by atoms with Crippen molar-refractivity contribution >= 4 is 23.4 Å². The van der Waals surface area contributed by atoms with E-state index in [1.165, 1.54) is 4.90 Å². The summed E-state index contributed by atoms with van der Waals surface area (Å²) in [5.41, 5.74) is 5.02. The number of primary amides is 1. The normalized spacial score (nSPS) is 22.8. The summed E-state index contributed by atoms with van der Waals surface area (Å²) in [6, 6.07) is -0.656. The number of ether oxygens (including phenoxy) is 1. The van der Waals surface area contributed by atoms with E-state index in [-0.39, 0.29) is 25.1 Å². The van der Waals surface area contributed by atoms with E-state index in [9.17, 15) is 9.59 Å². The maximum atomic E-state index is 11.0. The average Bonchev–Trinajstić information content (AvgIpc) is 2.50. The fourth-order valence-corrected chi connectivity index (χ4v) is 1.15. The first-order valence-electron chi connectivity index (χ1n) is 3.39. The van der Waals surface area contributed by atoms with Crippen LogP contribution in [-0.2, 0) is 14.3 Å². The van der Waals surface area contributed by atoms with Crippen molar-refractivity contribution in [2.45, 2.75) is 6.04 Å². The summed E-state index contributed by atoms with van der Waals surface area (Å²) < 4.78 is 4.90. The minimum absolute atomic E-state index is 0.0964. The third kappa shape index (κ3) is 1.67.